The molecule has 1 aliphatic rings. The van der Waals surface area contributed by atoms with E-state index < -0.39 is 0 Å². The maximum absolute atomic E-state index is 4.37. The quantitative estimate of drug-likeness (QED) is 0.769. The summed E-state index contributed by atoms with van der Waals surface area (Å²) in [5.41, 5.74) is 2.51. The highest BCUT2D eigenvalue weighted by molar-refractivity contribution is 5.15. The summed E-state index contributed by atoms with van der Waals surface area (Å²) < 4.78 is 1.90. The molecule has 4 heteroatoms. The Balaban J connectivity index is 1.99. The molecule has 1 fully saturated rings. The van der Waals surface area contributed by atoms with Gasteiger partial charge in [0.05, 0.1) is 5.69 Å². The van der Waals surface area contributed by atoms with Gasteiger partial charge < -0.3 is 5.32 Å². The maximum Gasteiger partial charge on any atom is 0.0638 e. The third-order valence-corrected chi connectivity index (χ3v) is 2.96. The van der Waals surface area contributed by atoms with Crippen LogP contribution in [0, 0.1) is 6.92 Å². The molecular formula is C11H20N4. The Labute approximate surface area is 91.3 Å². The number of nitrogens with zero attached hydrogens (tertiary/aromatic N) is 3. The molecule has 1 aliphatic heterocycles. The number of aryl methyl sites for hydroxylation is 2. The lowest BCUT2D eigenvalue weighted by Gasteiger charge is -2.31. The van der Waals surface area contributed by atoms with Crippen LogP contribution in [0.1, 0.15) is 18.2 Å². The summed E-state index contributed by atoms with van der Waals surface area (Å²) in [5.74, 6) is 0. The fourth-order valence-electron chi connectivity index (χ4n) is 2.20. The summed E-state index contributed by atoms with van der Waals surface area (Å²) in [6.07, 6.45) is 2.13. The van der Waals surface area contributed by atoms with Crippen LogP contribution in [-0.4, -0.2) is 40.4 Å². The Morgan fingerprint density at radius 3 is 3.00 bits per heavy atom. The highest BCUT2D eigenvalue weighted by Gasteiger charge is 2.16. The minimum atomic E-state index is 0.607. The molecule has 1 aromatic heterocycles. The van der Waals surface area contributed by atoms with Crippen LogP contribution in [0.15, 0.2) is 6.20 Å². The number of piperazine rings is 1. The number of rotatable bonds is 2. The number of nitrogens with one attached hydrogen (secondary N) is 1. The molecule has 0 radical (unpaired) electrons. The Kier molecular flexibility index (Phi) is 3.07. The molecule has 84 valence electrons. The lowest BCUT2D eigenvalue weighted by Crippen LogP contribution is -2.48. The molecule has 0 aromatic carbocycles. The molecule has 1 saturated heterocycles. The van der Waals surface area contributed by atoms with Gasteiger partial charge in [-0.2, -0.15) is 5.10 Å². The fraction of sp³-hybridized carbons (Fsp3) is 0.727. The van der Waals surface area contributed by atoms with Gasteiger partial charge in [-0.25, -0.2) is 0 Å². The first-order valence-electron chi connectivity index (χ1n) is 5.60. The van der Waals surface area contributed by atoms with Gasteiger partial charge >= 0.3 is 0 Å². The van der Waals surface area contributed by atoms with Crippen LogP contribution in [-0.2, 0) is 13.6 Å². The Morgan fingerprint density at radius 1 is 1.60 bits per heavy atom. The van der Waals surface area contributed by atoms with E-state index >= 15 is 0 Å². The molecule has 1 atom stereocenters. The lowest BCUT2D eigenvalue weighted by atomic mass is 10.2. The van der Waals surface area contributed by atoms with Gasteiger partial charge in [-0.15, -0.1) is 0 Å². The predicted octanol–water partition coefficient (Wildman–Crippen LogP) is 0.522. The van der Waals surface area contributed by atoms with Crippen LogP contribution >= 0.6 is 0 Å². The van der Waals surface area contributed by atoms with E-state index in [1.54, 1.807) is 0 Å². The van der Waals surface area contributed by atoms with Gasteiger partial charge in [0.1, 0.15) is 0 Å². The average molecular weight is 208 g/mol. The molecule has 0 aliphatic carbocycles. The van der Waals surface area contributed by atoms with Crippen LogP contribution in [0.2, 0.25) is 0 Å². The van der Waals surface area contributed by atoms with Crippen molar-refractivity contribution in [2.24, 2.45) is 7.05 Å². The number of aromatic nitrogens is 2. The fourth-order valence-corrected chi connectivity index (χ4v) is 2.20. The van der Waals surface area contributed by atoms with Crippen LogP contribution in [0.5, 0.6) is 0 Å². The molecule has 0 saturated carbocycles. The van der Waals surface area contributed by atoms with E-state index in [0.29, 0.717) is 6.04 Å². The molecule has 2 heterocycles. The van der Waals surface area contributed by atoms with E-state index in [2.05, 4.69) is 35.4 Å². The molecule has 0 bridgehead atoms. The summed E-state index contributed by atoms with van der Waals surface area (Å²) in [5, 5.41) is 7.83. The molecule has 2 rings (SSSR count). The molecule has 0 spiro atoms. The Bertz CT molecular complexity index is 331. The van der Waals surface area contributed by atoms with Crippen molar-refractivity contribution in [1.82, 2.24) is 20.0 Å². The topological polar surface area (TPSA) is 33.1 Å². The van der Waals surface area contributed by atoms with E-state index in [1.807, 2.05) is 11.7 Å². The first-order valence-corrected chi connectivity index (χ1v) is 5.60. The minimum absolute atomic E-state index is 0.607. The maximum atomic E-state index is 4.37. The first-order chi connectivity index (χ1) is 7.15. The van der Waals surface area contributed by atoms with Crippen molar-refractivity contribution in [2.75, 3.05) is 19.6 Å². The Morgan fingerprint density at radius 2 is 2.40 bits per heavy atom. The van der Waals surface area contributed by atoms with E-state index in [0.717, 1.165) is 31.9 Å². The van der Waals surface area contributed by atoms with Crippen molar-refractivity contribution < 1.29 is 0 Å². The van der Waals surface area contributed by atoms with Crippen molar-refractivity contribution in [3.8, 4) is 0 Å². The zero-order chi connectivity index (χ0) is 10.8. The zero-order valence-electron chi connectivity index (χ0n) is 9.82. The predicted molar refractivity (Wildman–Crippen MR) is 60.7 cm³/mol. The molecule has 4 nitrogen and oxygen atoms in total. The highest BCUT2D eigenvalue weighted by atomic mass is 15.3. The molecule has 0 amide bonds. The summed E-state index contributed by atoms with van der Waals surface area (Å²) in [7, 11) is 1.98. The number of hydrogen-bond donors (Lipinski definition) is 1. The van der Waals surface area contributed by atoms with Gasteiger partial charge in [-0.3, -0.25) is 9.58 Å². The summed E-state index contributed by atoms with van der Waals surface area (Å²) in [6, 6.07) is 0.607. The molecule has 1 unspecified atom stereocenters. The van der Waals surface area contributed by atoms with E-state index in [1.165, 1.54) is 5.56 Å². The summed E-state index contributed by atoms with van der Waals surface area (Å²) in [6.45, 7) is 8.72. The first kappa shape index (κ1) is 10.6. The van der Waals surface area contributed by atoms with Crippen molar-refractivity contribution in [2.45, 2.75) is 26.4 Å². The summed E-state index contributed by atoms with van der Waals surface area (Å²) in [4.78, 5) is 2.49. The van der Waals surface area contributed by atoms with Crippen LogP contribution in [0.25, 0.3) is 0 Å². The second kappa shape index (κ2) is 4.33. The second-order valence-electron chi connectivity index (χ2n) is 4.50. The van der Waals surface area contributed by atoms with Gasteiger partial charge in [0.15, 0.2) is 0 Å². The third kappa shape index (κ3) is 2.58. The van der Waals surface area contributed by atoms with Gasteiger partial charge in [-0.05, 0) is 13.8 Å². The number of hydrogen-bond acceptors (Lipinski definition) is 3. The van der Waals surface area contributed by atoms with E-state index in [-0.39, 0.29) is 0 Å². The standard InChI is InChI=1S/C11H20N4/c1-9-6-15(5-4-12-9)8-11-7-14(3)13-10(11)2/h7,9,12H,4-6,8H2,1-3H3. The second-order valence-corrected chi connectivity index (χ2v) is 4.50. The van der Waals surface area contributed by atoms with E-state index in [4.69, 9.17) is 0 Å². The molecule has 1 aromatic rings. The SMILES string of the molecule is Cc1nn(C)cc1CN1CCNC(C)C1. The van der Waals surface area contributed by atoms with Crippen LogP contribution < -0.4 is 5.32 Å². The van der Waals surface area contributed by atoms with Crippen molar-refractivity contribution in [3.05, 3.63) is 17.5 Å². The van der Waals surface area contributed by atoms with Crippen LogP contribution in [0.3, 0.4) is 0 Å². The highest BCUT2D eigenvalue weighted by Crippen LogP contribution is 2.10. The largest absolute Gasteiger partial charge is 0.312 e. The lowest BCUT2D eigenvalue weighted by molar-refractivity contribution is 0.199. The van der Waals surface area contributed by atoms with Crippen molar-refractivity contribution >= 4 is 0 Å². The minimum Gasteiger partial charge on any atom is -0.312 e. The molecule has 1 N–H and O–H groups in total. The van der Waals surface area contributed by atoms with Gasteiger partial charge in [0.2, 0.25) is 0 Å². The molecule has 15 heavy (non-hydrogen) atoms. The van der Waals surface area contributed by atoms with Gasteiger partial charge in [0.25, 0.3) is 0 Å². The van der Waals surface area contributed by atoms with Crippen LogP contribution in [0.4, 0.5) is 0 Å². The van der Waals surface area contributed by atoms with E-state index in [9.17, 15) is 0 Å². The third-order valence-electron chi connectivity index (χ3n) is 2.96. The average Bonchev–Trinajstić information content (AvgIpc) is 2.45. The summed E-state index contributed by atoms with van der Waals surface area (Å²) >= 11 is 0. The van der Waals surface area contributed by atoms with Crippen molar-refractivity contribution in [1.29, 1.82) is 0 Å². The normalized spacial score (nSPS) is 23.3. The van der Waals surface area contributed by atoms with Gasteiger partial charge in [0, 0.05) is 51.0 Å². The Hall–Kier alpha value is -0.870. The van der Waals surface area contributed by atoms with Crippen molar-refractivity contribution in [3.63, 3.8) is 0 Å². The zero-order valence-corrected chi connectivity index (χ0v) is 9.82. The molecular weight excluding hydrogens is 188 g/mol. The van der Waals surface area contributed by atoms with Gasteiger partial charge in [-0.1, -0.05) is 0 Å². The monoisotopic (exact) mass is 208 g/mol. The smallest absolute Gasteiger partial charge is 0.0638 e.